The standard InChI is InChI=1S/C18H20N6O3/c1-12-16(22-27-21-12)7-18(25)24-5-6-26-17(11-24)15-4-3-13(8-19-15)14-9-20-23(2)10-14/h3-4,8-10,17H,5-7,11H2,1-2H3. The summed E-state index contributed by atoms with van der Waals surface area (Å²) in [5, 5.41) is 11.7. The van der Waals surface area contributed by atoms with Crippen molar-refractivity contribution in [1.29, 1.82) is 0 Å². The third kappa shape index (κ3) is 3.72. The summed E-state index contributed by atoms with van der Waals surface area (Å²) < 4.78 is 12.2. The van der Waals surface area contributed by atoms with E-state index < -0.39 is 0 Å². The molecule has 0 aromatic carbocycles. The molecule has 1 fully saturated rings. The Labute approximate surface area is 155 Å². The Hall–Kier alpha value is -3.07. The SMILES string of the molecule is Cc1nonc1CC(=O)N1CCOC(c2ccc(-c3cnn(C)c3)cn2)C1. The predicted octanol–water partition coefficient (Wildman–Crippen LogP) is 1.32. The third-order valence-electron chi connectivity index (χ3n) is 4.64. The van der Waals surface area contributed by atoms with E-state index in [0.717, 1.165) is 16.8 Å². The molecule has 9 heteroatoms. The Morgan fingerprint density at radius 1 is 1.26 bits per heavy atom. The summed E-state index contributed by atoms with van der Waals surface area (Å²) in [6.45, 7) is 3.25. The van der Waals surface area contributed by atoms with E-state index in [4.69, 9.17) is 4.74 Å². The molecule has 1 unspecified atom stereocenters. The zero-order valence-corrected chi connectivity index (χ0v) is 15.2. The third-order valence-corrected chi connectivity index (χ3v) is 4.64. The van der Waals surface area contributed by atoms with Crippen molar-refractivity contribution in [2.45, 2.75) is 19.4 Å². The maximum atomic E-state index is 12.6. The van der Waals surface area contributed by atoms with Crippen LogP contribution in [-0.2, 0) is 23.0 Å². The van der Waals surface area contributed by atoms with E-state index in [1.165, 1.54) is 0 Å². The molecule has 1 saturated heterocycles. The fourth-order valence-corrected chi connectivity index (χ4v) is 3.06. The van der Waals surface area contributed by atoms with Gasteiger partial charge in [0.15, 0.2) is 0 Å². The monoisotopic (exact) mass is 368 g/mol. The summed E-state index contributed by atoms with van der Waals surface area (Å²) in [5.74, 6) is -0.0194. The minimum Gasteiger partial charge on any atom is -0.368 e. The second-order valence-electron chi connectivity index (χ2n) is 6.55. The number of aryl methyl sites for hydroxylation is 2. The molecule has 3 aromatic rings. The van der Waals surface area contributed by atoms with Gasteiger partial charge in [-0.3, -0.25) is 14.5 Å². The molecule has 4 heterocycles. The number of hydrogen-bond donors (Lipinski definition) is 0. The van der Waals surface area contributed by atoms with Crippen LogP contribution in [0.1, 0.15) is 23.2 Å². The van der Waals surface area contributed by atoms with Crippen molar-refractivity contribution in [2.75, 3.05) is 19.7 Å². The molecule has 0 spiro atoms. The zero-order valence-electron chi connectivity index (χ0n) is 15.2. The van der Waals surface area contributed by atoms with Gasteiger partial charge >= 0.3 is 0 Å². The second kappa shape index (κ2) is 7.28. The number of rotatable bonds is 4. The molecule has 0 N–H and O–H groups in total. The van der Waals surface area contributed by atoms with Crippen LogP contribution in [-0.4, -0.2) is 55.6 Å². The van der Waals surface area contributed by atoms with Crippen LogP contribution in [0, 0.1) is 6.92 Å². The van der Waals surface area contributed by atoms with Crippen molar-refractivity contribution >= 4 is 5.91 Å². The van der Waals surface area contributed by atoms with Crippen LogP contribution < -0.4 is 0 Å². The van der Waals surface area contributed by atoms with Crippen LogP contribution in [0.15, 0.2) is 35.4 Å². The van der Waals surface area contributed by atoms with Crippen molar-refractivity contribution in [3.63, 3.8) is 0 Å². The van der Waals surface area contributed by atoms with E-state index in [1.807, 2.05) is 25.4 Å². The fraction of sp³-hybridized carbons (Fsp3) is 0.389. The first kappa shape index (κ1) is 17.3. The molecule has 3 aromatic heterocycles. The molecule has 0 aliphatic carbocycles. The highest BCUT2D eigenvalue weighted by molar-refractivity contribution is 5.78. The molecule has 0 bridgehead atoms. The topological polar surface area (TPSA) is 99.2 Å². The molecule has 1 aliphatic heterocycles. The number of ether oxygens (including phenoxy) is 1. The zero-order chi connectivity index (χ0) is 18.8. The average molecular weight is 368 g/mol. The maximum absolute atomic E-state index is 12.6. The smallest absolute Gasteiger partial charge is 0.228 e. The summed E-state index contributed by atoms with van der Waals surface area (Å²) in [4.78, 5) is 18.9. The van der Waals surface area contributed by atoms with Crippen LogP contribution in [0.5, 0.6) is 0 Å². The fourth-order valence-electron chi connectivity index (χ4n) is 3.06. The number of pyridine rings is 1. The van der Waals surface area contributed by atoms with Crippen LogP contribution in [0.4, 0.5) is 0 Å². The highest BCUT2D eigenvalue weighted by Gasteiger charge is 2.27. The number of amides is 1. The van der Waals surface area contributed by atoms with Gasteiger partial charge in [-0.15, -0.1) is 0 Å². The first-order valence-electron chi connectivity index (χ1n) is 8.72. The van der Waals surface area contributed by atoms with Gasteiger partial charge < -0.3 is 9.64 Å². The van der Waals surface area contributed by atoms with Gasteiger partial charge in [0, 0.05) is 37.1 Å². The second-order valence-corrected chi connectivity index (χ2v) is 6.55. The lowest BCUT2D eigenvalue weighted by atomic mass is 10.1. The van der Waals surface area contributed by atoms with Crippen LogP contribution in [0.2, 0.25) is 0 Å². The number of morpholine rings is 1. The summed E-state index contributed by atoms with van der Waals surface area (Å²) >= 11 is 0. The molecule has 1 atom stereocenters. The molecule has 9 nitrogen and oxygen atoms in total. The van der Waals surface area contributed by atoms with Crippen LogP contribution in [0.3, 0.4) is 0 Å². The van der Waals surface area contributed by atoms with Gasteiger partial charge in [-0.1, -0.05) is 16.4 Å². The molecule has 1 aliphatic rings. The highest BCUT2D eigenvalue weighted by atomic mass is 16.6. The minimum atomic E-state index is -0.248. The molecular formula is C18H20N6O3. The van der Waals surface area contributed by atoms with Gasteiger partial charge in [0.05, 0.1) is 31.5 Å². The van der Waals surface area contributed by atoms with Gasteiger partial charge in [0.1, 0.15) is 17.5 Å². The van der Waals surface area contributed by atoms with Gasteiger partial charge in [0.2, 0.25) is 5.91 Å². The normalized spacial score (nSPS) is 17.3. The number of aromatic nitrogens is 5. The Bertz CT molecular complexity index is 933. The summed E-state index contributed by atoms with van der Waals surface area (Å²) in [6.07, 6.45) is 5.47. The summed E-state index contributed by atoms with van der Waals surface area (Å²) in [7, 11) is 1.88. The highest BCUT2D eigenvalue weighted by Crippen LogP contribution is 2.24. The molecular weight excluding hydrogens is 348 g/mol. The van der Waals surface area contributed by atoms with E-state index in [1.54, 1.807) is 28.9 Å². The predicted molar refractivity (Wildman–Crippen MR) is 94.5 cm³/mol. The molecule has 0 radical (unpaired) electrons. The van der Waals surface area contributed by atoms with Crippen molar-refractivity contribution in [3.8, 4) is 11.1 Å². The Balaban J connectivity index is 1.43. The number of carbonyl (C=O) groups is 1. The largest absolute Gasteiger partial charge is 0.368 e. The molecule has 140 valence electrons. The van der Waals surface area contributed by atoms with E-state index in [-0.39, 0.29) is 18.4 Å². The quantitative estimate of drug-likeness (QED) is 0.685. The van der Waals surface area contributed by atoms with Gasteiger partial charge in [-0.05, 0) is 13.0 Å². The molecule has 0 saturated carbocycles. The first-order chi connectivity index (χ1) is 13.1. The lowest BCUT2D eigenvalue weighted by molar-refractivity contribution is -0.138. The maximum Gasteiger partial charge on any atom is 0.228 e. The van der Waals surface area contributed by atoms with Crippen molar-refractivity contribution < 1.29 is 14.2 Å². The average Bonchev–Trinajstić information content (AvgIpc) is 3.30. The lowest BCUT2D eigenvalue weighted by Crippen LogP contribution is -2.43. The van der Waals surface area contributed by atoms with E-state index in [9.17, 15) is 4.79 Å². The molecule has 1 amide bonds. The Morgan fingerprint density at radius 2 is 2.15 bits per heavy atom. The van der Waals surface area contributed by atoms with Crippen molar-refractivity contribution in [2.24, 2.45) is 7.05 Å². The molecule has 4 rings (SSSR count). The minimum absolute atomic E-state index is 0.0194. The summed E-state index contributed by atoms with van der Waals surface area (Å²) in [6, 6.07) is 3.93. The van der Waals surface area contributed by atoms with E-state index in [0.29, 0.717) is 31.1 Å². The number of hydrogen-bond acceptors (Lipinski definition) is 7. The molecule has 27 heavy (non-hydrogen) atoms. The van der Waals surface area contributed by atoms with Crippen molar-refractivity contribution in [1.82, 2.24) is 30.0 Å². The van der Waals surface area contributed by atoms with Gasteiger partial charge in [0.25, 0.3) is 0 Å². The Kier molecular flexibility index (Phi) is 4.68. The van der Waals surface area contributed by atoms with Crippen LogP contribution >= 0.6 is 0 Å². The van der Waals surface area contributed by atoms with Gasteiger partial charge in [-0.25, -0.2) is 4.63 Å². The van der Waals surface area contributed by atoms with E-state index in [2.05, 4.69) is 25.0 Å². The first-order valence-corrected chi connectivity index (χ1v) is 8.72. The number of carbonyl (C=O) groups excluding carboxylic acids is 1. The summed E-state index contributed by atoms with van der Waals surface area (Å²) in [5.41, 5.74) is 4.02. The van der Waals surface area contributed by atoms with Gasteiger partial charge in [-0.2, -0.15) is 5.10 Å². The lowest BCUT2D eigenvalue weighted by Gasteiger charge is -2.32. The van der Waals surface area contributed by atoms with E-state index >= 15 is 0 Å². The van der Waals surface area contributed by atoms with Crippen LogP contribution in [0.25, 0.3) is 11.1 Å². The Morgan fingerprint density at radius 3 is 2.81 bits per heavy atom. The number of nitrogens with zero attached hydrogens (tertiary/aromatic N) is 6. The van der Waals surface area contributed by atoms with Crippen molar-refractivity contribution in [3.05, 3.63) is 47.8 Å².